The molecule has 2 saturated heterocycles. The first-order valence-electron chi connectivity index (χ1n) is 13.4. The van der Waals surface area contributed by atoms with Crippen LogP contribution >= 0.6 is 0 Å². The molecule has 0 saturated carbocycles. The fraction of sp³-hybridized carbons (Fsp3) is 0.452. The molecule has 0 bridgehead atoms. The molecule has 1 atom stereocenters. The smallest absolute Gasteiger partial charge is 0.123 e. The molecular weight excluding hydrogens is 444 g/mol. The average Bonchev–Trinajstić information content (AvgIpc) is 3.32. The van der Waals surface area contributed by atoms with Crippen LogP contribution in [0.4, 0.5) is 5.69 Å². The van der Waals surface area contributed by atoms with Crippen molar-refractivity contribution in [2.75, 3.05) is 46.9 Å². The van der Waals surface area contributed by atoms with Crippen LogP contribution in [0.3, 0.4) is 0 Å². The van der Waals surface area contributed by atoms with Crippen molar-refractivity contribution in [1.82, 2.24) is 14.7 Å². The molecule has 0 radical (unpaired) electrons. The standard InChI is InChI=1S/C31H42N4O/c1-6-9-11-28(8-3)35-16-14-34(15-17-35)23-27-19-25-20-30(32-22-29-12-10-13-33(29)4)24(7-2)18-26(25)21-31(27)36-5/h7-8,11,18-22,29H,2-3,6,9-10,12-17,23H2,1,4-5H3/b28-11+,32-22?. The number of likely N-dealkylation sites (tertiary alicyclic amines) is 1. The maximum absolute atomic E-state index is 5.83. The minimum Gasteiger partial charge on any atom is -0.496 e. The SMILES string of the molecule is C=C/C(=C\CCC)N1CCN(Cc2cc3cc(N=CC4CCCN4C)c(C=C)cc3cc2OC)CC1. The van der Waals surface area contributed by atoms with Crippen LogP contribution < -0.4 is 4.74 Å². The molecule has 2 aliphatic heterocycles. The van der Waals surface area contributed by atoms with E-state index in [1.165, 1.54) is 29.5 Å². The Morgan fingerprint density at radius 1 is 1.08 bits per heavy atom. The van der Waals surface area contributed by atoms with Gasteiger partial charge in [0.2, 0.25) is 0 Å². The van der Waals surface area contributed by atoms with E-state index in [9.17, 15) is 0 Å². The highest BCUT2D eigenvalue weighted by Crippen LogP contribution is 2.33. The van der Waals surface area contributed by atoms with E-state index in [1.807, 2.05) is 12.2 Å². The number of methoxy groups -OCH3 is 1. The zero-order valence-corrected chi connectivity index (χ0v) is 22.4. The summed E-state index contributed by atoms with van der Waals surface area (Å²) in [5, 5.41) is 2.35. The van der Waals surface area contributed by atoms with Gasteiger partial charge in [-0.05, 0) is 74.0 Å². The summed E-state index contributed by atoms with van der Waals surface area (Å²) in [6.45, 7) is 16.4. The lowest BCUT2D eigenvalue weighted by molar-refractivity contribution is 0.154. The van der Waals surface area contributed by atoms with Gasteiger partial charge >= 0.3 is 0 Å². The molecule has 0 amide bonds. The van der Waals surface area contributed by atoms with Gasteiger partial charge in [0, 0.05) is 61.8 Å². The molecule has 0 aromatic heterocycles. The van der Waals surface area contributed by atoms with Crippen molar-refractivity contribution >= 4 is 28.8 Å². The fourth-order valence-corrected chi connectivity index (χ4v) is 5.30. The second kappa shape index (κ2) is 12.4. The number of piperazine rings is 1. The van der Waals surface area contributed by atoms with Crippen LogP contribution in [0.5, 0.6) is 5.75 Å². The molecule has 0 spiro atoms. The first kappa shape index (κ1) is 26.2. The van der Waals surface area contributed by atoms with E-state index in [0.717, 1.165) is 74.5 Å². The molecule has 2 aromatic rings. The molecule has 192 valence electrons. The number of aliphatic imine (C=N–C) groups is 1. The predicted molar refractivity (Wildman–Crippen MR) is 154 cm³/mol. The Bertz CT molecular complexity index is 1130. The van der Waals surface area contributed by atoms with Gasteiger partial charge in [-0.25, -0.2) is 0 Å². The van der Waals surface area contributed by atoms with Crippen LogP contribution in [0.15, 0.2) is 60.3 Å². The molecule has 4 rings (SSSR count). The van der Waals surface area contributed by atoms with Gasteiger partial charge in [0.1, 0.15) is 5.75 Å². The van der Waals surface area contributed by atoms with Gasteiger partial charge in [0.15, 0.2) is 0 Å². The zero-order valence-electron chi connectivity index (χ0n) is 22.4. The van der Waals surface area contributed by atoms with Crippen molar-refractivity contribution in [3.05, 3.63) is 66.4 Å². The lowest BCUT2D eigenvalue weighted by Gasteiger charge is -2.37. The molecule has 2 heterocycles. The van der Waals surface area contributed by atoms with Crippen LogP contribution in [0.2, 0.25) is 0 Å². The summed E-state index contributed by atoms with van der Waals surface area (Å²) in [5.74, 6) is 0.943. The lowest BCUT2D eigenvalue weighted by atomic mass is 10.0. The van der Waals surface area contributed by atoms with Gasteiger partial charge < -0.3 is 9.64 Å². The molecular formula is C31H42N4O. The number of nitrogens with zero attached hydrogens (tertiary/aromatic N) is 4. The minimum absolute atomic E-state index is 0.418. The van der Waals surface area contributed by atoms with Crippen LogP contribution in [0, 0.1) is 0 Å². The number of hydrogen-bond donors (Lipinski definition) is 0. The monoisotopic (exact) mass is 486 g/mol. The van der Waals surface area contributed by atoms with Crippen molar-refractivity contribution in [3.8, 4) is 5.75 Å². The molecule has 2 aromatic carbocycles. The Hall–Kier alpha value is -2.89. The Balaban J connectivity index is 1.53. The topological polar surface area (TPSA) is 31.3 Å². The van der Waals surface area contributed by atoms with E-state index in [4.69, 9.17) is 9.73 Å². The van der Waals surface area contributed by atoms with Crippen LogP contribution in [-0.2, 0) is 6.54 Å². The van der Waals surface area contributed by atoms with E-state index < -0.39 is 0 Å². The number of hydrogen-bond acceptors (Lipinski definition) is 5. The number of fused-ring (bicyclic) bond motifs is 1. The summed E-state index contributed by atoms with van der Waals surface area (Å²) >= 11 is 0. The highest BCUT2D eigenvalue weighted by molar-refractivity contribution is 5.92. The molecule has 5 heteroatoms. The average molecular weight is 487 g/mol. The van der Waals surface area contributed by atoms with Crippen LogP contribution in [-0.4, -0.2) is 73.8 Å². The third-order valence-electron chi connectivity index (χ3n) is 7.55. The third-order valence-corrected chi connectivity index (χ3v) is 7.55. The van der Waals surface area contributed by atoms with Crippen molar-refractivity contribution in [2.45, 2.75) is 45.2 Å². The Morgan fingerprint density at radius 3 is 2.50 bits per heavy atom. The summed E-state index contributed by atoms with van der Waals surface area (Å²) in [7, 11) is 3.94. The summed E-state index contributed by atoms with van der Waals surface area (Å²) in [6, 6.07) is 9.24. The van der Waals surface area contributed by atoms with E-state index in [1.54, 1.807) is 7.11 Å². The molecule has 1 unspecified atom stereocenters. The Labute approximate surface area is 217 Å². The zero-order chi connectivity index (χ0) is 25.5. The molecule has 5 nitrogen and oxygen atoms in total. The second-order valence-corrected chi connectivity index (χ2v) is 9.98. The van der Waals surface area contributed by atoms with Crippen LogP contribution in [0.25, 0.3) is 16.8 Å². The quantitative estimate of drug-likeness (QED) is 0.292. The summed E-state index contributed by atoms with van der Waals surface area (Å²) < 4.78 is 5.83. The van der Waals surface area contributed by atoms with Crippen molar-refractivity contribution in [2.24, 2.45) is 4.99 Å². The van der Waals surface area contributed by atoms with Crippen molar-refractivity contribution in [1.29, 1.82) is 0 Å². The van der Waals surface area contributed by atoms with Gasteiger partial charge in [-0.2, -0.15) is 0 Å². The summed E-state index contributed by atoms with van der Waals surface area (Å²) in [5.41, 5.74) is 4.54. The van der Waals surface area contributed by atoms with Gasteiger partial charge in [-0.3, -0.25) is 14.8 Å². The third kappa shape index (κ3) is 6.08. The molecule has 2 fully saturated rings. The molecule has 2 aliphatic rings. The van der Waals surface area contributed by atoms with E-state index >= 15 is 0 Å². The van der Waals surface area contributed by atoms with Gasteiger partial charge in [0.25, 0.3) is 0 Å². The largest absolute Gasteiger partial charge is 0.496 e. The number of allylic oxidation sites excluding steroid dienone is 2. The molecule has 0 N–H and O–H groups in total. The van der Waals surface area contributed by atoms with E-state index in [2.05, 4.69) is 78.4 Å². The number of ether oxygens (including phenoxy) is 1. The van der Waals surface area contributed by atoms with Gasteiger partial charge in [-0.1, -0.05) is 38.7 Å². The maximum atomic E-state index is 5.83. The van der Waals surface area contributed by atoms with Crippen LogP contribution in [0.1, 0.15) is 43.7 Å². The Kier molecular flexibility index (Phi) is 9.00. The number of rotatable bonds is 10. The summed E-state index contributed by atoms with van der Waals surface area (Å²) in [4.78, 5) is 12.3. The predicted octanol–water partition coefficient (Wildman–Crippen LogP) is 6.28. The normalized spacial score (nSPS) is 19.9. The van der Waals surface area contributed by atoms with Crippen molar-refractivity contribution < 1.29 is 4.74 Å². The highest BCUT2D eigenvalue weighted by Gasteiger charge is 2.20. The fourth-order valence-electron chi connectivity index (χ4n) is 5.30. The minimum atomic E-state index is 0.418. The highest BCUT2D eigenvalue weighted by atomic mass is 16.5. The van der Waals surface area contributed by atoms with Gasteiger partial charge in [-0.15, -0.1) is 0 Å². The molecule has 36 heavy (non-hydrogen) atoms. The Morgan fingerprint density at radius 2 is 1.86 bits per heavy atom. The maximum Gasteiger partial charge on any atom is 0.123 e. The number of unbranched alkanes of at least 4 members (excludes halogenated alkanes) is 1. The van der Waals surface area contributed by atoms with E-state index in [0.29, 0.717) is 6.04 Å². The second-order valence-electron chi connectivity index (χ2n) is 9.98. The summed E-state index contributed by atoms with van der Waals surface area (Å²) in [6.07, 6.45) is 13.0. The number of benzene rings is 2. The first-order valence-corrected chi connectivity index (χ1v) is 13.4. The first-order chi connectivity index (χ1) is 17.6. The van der Waals surface area contributed by atoms with E-state index in [-0.39, 0.29) is 0 Å². The van der Waals surface area contributed by atoms with Crippen molar-refractivity contribution in [3.63, 3.8) is 0 Å². The lowest BCUT2D eigenvalue weighted by Crippen LogP contribution is -2.45. The van der Waals surface area contributed by atoms with Gasteiger partial charge in [0.05, 0.1) is 12.8 Å². The molecule has 0 aliphatic carbocycles.